The van der Waals surface area contributed by atoms with Crippen molar-refractivity contribution in [2.24, 2.45) is 5.73 Å². The number of nitrogens with zero attached hydrogens (tertiary/aromatic N) is 1. The van der Waals surface area contributed by atoms with Gasteiger partial charge in [0.05, 0.1) is 0 Å². The molecule has 0 atom stereocenters. The zero-order chi connectivity index (χ0) is 18.4. The van der Waals surface area contributed by atoms with Crippen LogP contribution in [-0.2, 0) is 0 Å². The van der Waals surface area contributed by atoms with Crippen molar-refractivity contribution in [1.82, 2.24) is 15.5 Å². The molecular formula is C20H42N4. The smallest absolute Gasteiger partial charge is 0.0145 e. The second-order valence-electron chi connectivity index (χ2n) is 10.9. The average Bonchev–Trinajstić information content (AvgIpc) is 2.27. The van der Waals surface area contributed by atoms with Crippen molar-refractivity contribution in [2.45, 2.75) is 115 Å². The zero-order valence-corrected chi connectivity index (χ0v) is 17.4. The van der Waals surface area contributed by atoms with E-state index in [0.717, 1.165) is 13.1 Å². The summed E-state index contributed by atoms with van der Waals surface area (Å²) in [5.74, 6) is 0. The second kappa shape index (κ2) is 6.53. The Morgan fingerprint density at radius 2 is 1.00 bits per heavy atom. The largest absolute Gasteiger partial charge is 0.329 e. The molecule has 24 heavy (non-hydrogen) atoms. The first kappa shape index (κ1) is 20.2. The molecule has 0 saturated carbocycles. The van der Waals surface area contributed by atoms with Crippen molar-refractivity contribution in [2.75, 3.05) is 13.1 Å². The van der Waals surface area contributed by atoms with E-state index in [1.54, 1.807) is 0 Å². The summed E-state index contributed by atoms with van der Waals surface area (Å²) >= 11 is 0. The van der Waals surface area contributed by atoms with E-state index >= 15 is 0 Å². The molecule has 4 nitrogen and oxygen atoms in total. The molecule has 2 aliphatic rings. The molecule has 0 spiro atoms. The fourth-order valence-electron chi connectivity index (χ4n) is 5.82. The topological polar surface area (TPSA) is 53.3 Å². The summed E-state index contributed by atoms with van der Waals surface area (Å²) in [5, 5.41) is 7.65. The van der Waals surface area contributed by atoms with Crippen molar-refractivity contribution in [3.05, 3.63) is 0 Å². The number of hydrogen-bond acceptors (Lipinski definition) is 4. The predicted molar refractivity (Wildman–Crippen MR) is 104 cm³/mol. The minimum absolute atomic E-state index is 0.178. The van der Waals surface area contributed by atoms with Crippen LogP contribution in [0.25, 0.3) is 0 Å². The Morgan fingerprint density at radius 1 is 0.708 bits per heavy atom. The summed E-state index contributed by atoms with van der Waals surface area (Å²) in [4.78, 5) is 2.76. The monoisotopic (exact) mass is 338 g/mol. The van der Waals surface area contributed by atoms with Gasteiger partial charge in [0.25, 0.3) is 0 Å². The molecule has 0 unspecified atom stereocenters. The summed E-state index contributed by atoms with van der Waals surface area (Å²) in [6.45, 7) is 20.5. The third-order valence-electron chi connectivity index (χ3n) is 5.66. The maximum absolute atomic E-state index is 6.04. The number of piperidine rings is 2. The molecule has 0 amide bonds. The van der Waals surface area contributed by atoms with Crippen LogP contribution in [-0.4, -0.2) is 52.2 Å². The van der Waals surface area contributed by atoms with Crippen LogP contribution in [0.3, 0.4) is 0 Å². The van der Waals surface area contributed by atoms with Crippen molar-refractivity contribution < 1.29 is 0 Å². The standard InChI is InChI=1S/C20H42N4/c1-17(2)11-15(12-18(3,4)22-17)24(10-9-21)16-13-19(5,6)23-20(7,8)14-16/h15-16,22-23H,9-14,21H2,1-8H3. The van der Waals surface area contributed by atoms with Crippen molar-refractivity contribution in [3.8, 4) is 0 Å². The average molecular weight is 339 g/mol. The third-order valence-corrected chi connectivity index (χ3v) is 5.66. The first-order valence-electron chi connectivity index (χ1n) is 9.79. The summed E-state index contributed by atoms with van der Waals surface area (Å²) in [6, 6.07) is 1.21. The molecule has 4 heteroatoms. The number of rotatable bonds is 4. The first-order valence-corrected chi connectivity index (χ1v) is 9.79. The SMILES string of the molecule is CC1(C)CC(N(CCN)C2CC(C)(C)NC(C)(C)C2)CC(C)(C)N1. The van der Waals surface area contributed by atoms with Crippen LogP contribution < -0.4 is 16.4 Å². The van der Waals surface area contributed by atoms with Gasteiger partial charge in [0.15, 0.2) is 0 Å². The van der Waals surface area contributed by atoms with E-state index in [2.05, 4.69) is 70.9 Å². The summed E-state index contributed by atoms with van der Waals surface area (Å²) in [6.07, 6.45) is 4.78. The van der Waals surface area contributed by atoms with Gasteiger partial charge in [0, 0.05) is 47.3 Å². The molecule has 0 aromatic heterocycles. The highest BCUT2D eigenvalue weighted by atomic mass is 15.2. The normalized spacial score (nSPS) is 29.8. The van der Waals surface area contributed by atoms with Crippen LogP contribution in [0.4, 0.5) is 0 Å². The number of hydrogen-bond donors (Lipinski definition) is 3. The second-order valence-corrected chi connectivity index (χ2v) is 10.9. The van der Waals surface area contributed by atoms with E-state index in [0.29, 0.717) is 12.1 Å². The van der Waals surface area contributed by atoms with Crippen LogP contribution in [0.5, 0.6) is 0 Å². The van der Waals surface area contributed by atoms with Gasteiger partial charge < -0.3 is 16.4 Å². The third kappa shape index (κ3) is 5.17. The summed E-state index contributed by atoms with van der Waals surface area (Å²) in [5.41, 5.74) is 6.75. The van der Waals surface area contributed by atoms with Crippen LogP contribution in [0.2, 0.25) is 0 Å². The molecule has 142 valence electrons. The summed E-state index contributed by atoms with van der Waals surface area (Å²) in [7, 11) is 0. The fraction of sp³-hybridized carbons (Fsp3) is 1.00. The van der Waals surface area contributed by atoms with Gasteiger partial charge in [-0.05, 0) is 81.1 Å². The molecule has 2 rings (SSSR count). The molecule has 0 aromatic rings. The van der Waals surface area contributed by atoms with Gasteiger partial charge in [-0.1, -0.05) is 0 Å². The maximum atomic E-state index is 6.04. The lowest BCUT2D eigenvalue weighted by atomic mass is 9.75. The molecule has 0 aliphatic carbocycles. The van der Waals surface area contributed by atoms with Crippen molar-refractivity contribution >= 4 is 0 Å². The Hall–Kier alpha value is -0.160. The Balaban J connectivity index is 2.25. The van der Waals surface area contributed by atoms with Gasteiger partial charge in [-0.2, -0.15) is 0 Å². The molecule has 2 fully saturated rings. The van der Waals surface area contributed by atoms with Gasteiger partial charge in [-0.15, -0.1) is 0 Å². The number of nitrogens with one attached hydrogen (secondary N) is 2. The van der Waals surface area contributed by atoms with E-state index in [1.165, 1.54) is 25.7 Å². The van der Waals surface area contributed by atoms with E-state index in [1.807, 2.05) is 0 Å². The van der Waals surface area contributed by atoms with Crippen LogP contribution in [0.1, 0.15) is 81.1 Å². The lowest BCUT2D eigenvalue weighted by Crippen LogP contribution is -2.67. The Labute approximate surface area is 150 Å². The zero-order valence-electron chi connectivity index (χ0n) is 17.4. The van der Waals surface area contributed by atoms with Crippen LogP contribution >= 0.6 is 0 Å². The van der Waals surface area contributed by atoms with Gasteiger partial charge >= 0.3 is 0 Å². The van der Waals surface area contributed by atoms with Crippen molar-refractivity contribution in [3.63, 3.8) is 0 Å². The lowest BCUT2D eigenvalue weighted by molar-refractivity contribution is -0.000207. The Morgan fingerprint density at radius 3 is 1.25 bits per heavy atom. The minimum Gasteiger partial charge on any atom is -0.329 e. The van der Waals surface area contributed by atoms with Gasteiger partial charge in [0.1, 0.15) is 0 Å². The first-order chi connectivity index (χ1) is 10.7. The van der Waals surface area contributed by atoms with Crippen LogP contribution in [0.15, 0.2) is 0 Å². The molecule has 0 radical (unpaired) electrons. The van der Waals surface area contributed by atoms with E-state index < -0.39 is 0 Å². The van der Waals surface area contributed by atoms with E-state index in [9.17, 15) is 0 Å². The Bertz CT molecular complexity index is 369. The molecule has 2 aliphatic heterocycles. The minimum atomic E-state index is 0.178. The molecule has 2 saturated heterocycles. The van der Waals surface area contributed by atoms with E-state index in [-0.39, 0.29) is 22.2 Å². The van der Waals surface area contributed by atoms with Crippen molar-refractivity contribution in [1.29, 1.82) is 0 Å². The highest BCUT2D eigenvalue weighted by Crippen LogP contribution is 2.37. The van der Waals surface area contributed by atoms with E-state index in [4.69, 9.17) is 5.73 Å². The molecule has 4 N–H and O–H groups in total. The Kier molecular flexibility index (Phi) is 5.49. The molecule has 2 heterocycles. The fourth-order valence-corrected chi connectivity index (χ4v) is 5.82. The molecule has 0 aromatic carbocycles. The number of nitrogens with two attached hydrogens (primary N) is 1. The summed E-state index contributed by atoms with van der Waals surface area (Å²) < 4.78 is 0. The quantitative estimate of drug-likeness (QED) is 0.738. The van der Waals surface area contributed by atoms with Crippen LogP contribution in [0, 0.1) is 0 Å². The maximum Gasteiger partial charge on any atom is 0.0145 e. The lowest BCUT2D eigenvalue weighted by Gasteiger charge is -2.55. The molecular weight excluding hydrogens is 296 g/mol. The van der Waals surface area contributed by atoms with Gasteiger partial charge in [-0.25, -0.2) is 0 Å². The molecule has 0 bridgehead atoms. The van der Waals surface area contributed by atoms with Gasteiger partial charge in [-0.3, -0.25) is 4.90 Å². The highest BCUT2D eigenvalue weighted by Gasteiger charge is 2.45. The van der Waals surface area contributed by atoms with Gasteiger partial charge in [0.2, 0.25) is 0 Å². The predicted octanol–water partition coefficient (Wildman–Crippen LogP) is 2.87. The highest BCUT2D eigenvalue weighted by molar-refractivity contribution is 5.05.